The molecule has 0 bridgehead atoms. The molecule has 132 valence electrons. The van der Waals surface area contributed by atoms with Gasteiger partial charge >= 0.3 is 0 Å². The van der Waals surface area contributed by atoms with Crippen molar-refractivity contribution in [2.45, 2.75) is 37.9 Å². The van der Waals surface area contributed by atoms with Crippen molar-refractivity contribution in [3.05, 3.63) is 35.9 Å². The zero-order valence-electron chi connectivity index (χ0n) is 14.5. The predicted molar refractivity (Wildman–Crippen MR) is 93.3 cm³/mol. The molecule has 3 rings (SSSR count). The van der Waals surface area contributed by atoms with Crippen molar-refractivity contribution in [2.24, 2.45) is 0 Å². The zero-order valence-corrected chi connectivity index (χ0v) is 14.5. The van der Waals surface area contributed by atoms with Crippen molar-refractivity contribution in [1.82, 2.24) is 21.1 Å². The first-order valence-electron chi connectivity index (χ1n) is 8.73. The van der Waals surface area contributed by atoms with Crippen LogP contribution in [0, 0.1) is 0 Å². The van der Waals surface area contributed by atoms with E-state index in [2.05, 4.69) is 47.0 Å². The number of hydrogen-bond donors (Lipinski definition) is 3. The number of hydrazine groups is 1. The van der Waals surface area contributed by atoms with Gasteiger partial charge in [0.15, 0.2) is 0 Å². The molecule has 0 radical (unpaired) electrons. The number of carbonyl (C=O) groups excluding carboxylic acids is 1. The Morgan fingerprint density at radius 3 is 2.67 bits per heavy atom. The average molecular weight is 332 g/mol. The summed E-state index contributed by atoms with van der Waals surface area (Å²) in [4.78, 5) is 14.9. The number of benzene rings is 1. The SMILES string of the molecule is CC(C)(CNC(=O)C1CC(c2ccccc2)NN1)N1CCOCC1. The zero-order chi connectivity index (χ0) is 17.0. The molecule has 0 saturated carbocycles. The second-order valence-corrected chi connectivity index (χ2v) is 7.17. The van der Waals surface area contributed by atoms with Gasteiger partial charge in [0.2, 0.25) is 5.91 Å². The molecule has 24 heavy (non-hydrogen) atoms. The Labute approximate surface area is 143 Å². The van der Waals surface area contributed by atoms with E-state index in [-0.39, 0.29) is 23.5 Å². The molecule has 1 aromatic carbocycles. The number of hydrogen-bond acceptors (Lipinski definition) is 5. The lowest BCUT2D eigenvalue weighted by atomic mass is 10.00. The summed E-state index contributed by atoms with van der Waals surface area (Å²) >= 11 is 0. The molecule has 2 aliphatic rings. The minimum atomic E-state index is -0.198. The molecule has 1 aromatic rings. The Morgan fingerprint density at radius 1 is 1.25 bits per heavy atom. The van der Waals surface area contributed by atoms with Crippen LogP contribution in [0.25, 0.3) is 0 Å². The van der Waals surface area contributed by atoms with E-state index in [9.17, 15) is 4.79 Å². The van der Waals surface area contributed by atoms with Gasteiger partial charge in [0.1, 0.15) is 6.04 Å². The van der Waals surface area contributed by atoms with Crippen molar-refractivity contribution < 1.29 is 9.53 Å². The maximum absolute atomic E-state index is 12.5. The van der Waals surface area contributed by atoms with Crippen LogP contribution in [0.4, 0.5) is 0 Å². The van der Waals surface area contributed by atoms with Crippen LogP contribution >= 0.6 is 0 Å². The molecule has 1 amide bonds. The second kappa shape index (κ2) is 7.61. The third kappa shape index (κ3) is 4.13. The maximum atomic E-state index is 12.5. The predicted octanol–water partition coefficient (Wildman–Crippen LogP) is 0.821. The van der Waals surface area contributed by atoms with Crippen LogP contribution in [0.1, 0.15) is 31.9 Å². The molecular formula is C18H28N4O2. The van der Waals surface area contributed by atoms with Crippen LogP contribution in [0.5, 0.6) is 0 Å². The molecule has 3 N–H and O–H groups in total. The Kier molecular flexibility index (Phi) is 5.50. The fourth-order valence-electron chi connectivity index (χ4n) is 3.34. The van der Waals surface area contributed by atoms with E-state index in [1.165, 1.54) is 5.56 Å². The molecule has 2 unspecified atom stereocenters. The smallest absolute Gasteiger partial charge is 0.238 e. The number of morpholine rings is 1. The maximum Gasteiger partial charge on any atom is 0.238 e. The quantitative estimate of drug-likeness (QED) is 0.745. The van der Waals surface area contributed by atoms with Gasteiger partial charge in [-0.3, -0.25) is 9.69 Å². The van der Waals surface area contributed by atoms with E-state index in [1.54, 1.807) is 0 Å². The van der Waals surface area contributed by atoms with Gasteiger partial charge in [0.25, 0.3) is 0 Å². The van der Waals surface area contributed by atoms with E-state index in [4.69, 9.17) is 4.74 Å². The Balaban J connectivity index is 1.49. The molecule has 2 aliphatic heterocycles. The average Bonchev–Trinajstić information content (AvgIpc) is 3.11. The van der Waals surface area contributed by atoms with Crippen molar-refractivity contribution in [3.8, 4) is 0 Å². The van der Waals surface area contributed by atoms with Crippen LogP contribution in [-0.4, -0.2) is 55.2 Å². The lowest BCUT2D eigenvalue weighted by Gasteiger charge is -2.41. The summed E-state index contributed by atoms with van der Waals surface area (Å²) in [7, 11) is 0. The minimum Gasteiger partial charge on any atom is -0.379 e. The molecule has 6 heteroatoms. The highest BCUT2D eigenvalue weighted by Gasteiger charge is 2.33. The van der Waals surface area contributed by atoms with Crippen molar-refractivity contribution >= 4 is 5.91 Å². The summed E-state index contributed by atoms with van der Waals surface area (Å²) in [5, 5.41) is 3.11. The molecule has 2 fully saturated rings. The Morgan fingerprint density at radius 2 is 1.96 bits per heavy atom. The van der Waals surface area contributed by atoms with E-state index >= 15 is 0 Å². The van der Waals surface area contributed by atoms with Gasteiger partial charge in [0, 0.05) is 31.2 Å². The summed E-state index contributed by atoms with van der Waals surface area (Å²) in [6.07, 6.45) is 0.758. The van der Waals surface area contributed by atoms with Crippen LogP contribution in [-0.2, 0) is 9.53 Å². The first-order chi connectivity index (χ1) is 11.6. The molecule has 6 nitrogen and oxygen atoms in total. The molecule has 0 aromatic heterocycles. The highest BCUT2D eigenvalue weighted by molar-refractivity contribution is 5.82. The van der Waals surface area contributed by atoms with Crippen LogP contribution in [0.2, 0.25) is 0 Å². The van der Waals surface area contributed by atoms with Crippen molar-refractivity contribution in [1.29, 1.82) is 0 Å². The molecular weight excluding hydrogens is 304 g/mol. The summed E-state index contributed by atoms with van der Waals surface area (Å²) in [5.74, 6) is 0.0577. The fourth-order valence-corrected chi connectivity index (χ4v) is 3.34. The standard InChI is InChI=1S/C18H28N4O2/c1-18(2,22-8-10-24-11-9-22)13-19-17(23)16-12-15(20-21-16)14-6-4-3-5-7-14/h3-7,15-16,20-21H,8-13H2,1-2H3,(H,19,23). The number of carbonyl (C=O) groups is 1. The Bertz CT molecular complexity index is 543. The largest absolute Gasteiger partial charge is 0.379 e. The normalized spacial score (nSPS) is 25.6. The molecule has 0 spiro atoms. The van der Waals surface area contributed by atoms with E-state index in [0.717, 1.165) is 32.7 Å². The first kappa shape index (κ1) is 17.4. The summed E-state index contributed by atoms with van der Waals surface area (Å²) in [6.45, 7) is 8.36. The van der Waals surface area contributed by atoms with E-state index < -0.39 is 0 Å². The molecule has 0 aliphatic carbocycles. The van der Waals surface area contributed by atoms with Crippen LogP contribution < -0.4 is 16.2 Å². The number of rotatable bonds is 5. The topological polar surface area (TPSA) is 65.6 Å². The highest BCUT2D eigenvalue weighted by Crippen LogP contribution is 2.22. The number of amides is 1. The van der Waals surface area contributed by atoms with E-state index in [0.29, 0.717) is 6.54 Å². The number of nitrogens with zero attached hydrogens (tertiary/aromatic N) is 1. The summed E-state index contributed by atoms with van der Waals surface area (Å²) in [6, 6.07) is 10.2. The lowest BCUT2D eigenvalue weighted by Crippen LogP contribution is -2.56. The van der Waals surface area contributed by atoms with Gasteiger partial charge in [-0.25, -0.2) is 10.9 Å². The highest BCUT2D eigenvalue weighted by atomic mass is 16.5. The number of ether oxygens (including phenoxy) is 1. The van der Waals surface area contributed by atoms with Crippen LogP contribution in [0.15, 0.2) is 30.3 Å². The fraction of sp³-hybridized carbons (Fsp3) is 0.611. The van der Waals surface area contributed by atoms with Gasteiger partial charge in [-0.15, -0.1) is 0 Å². The van der Waals surface area contributed by atoms with Gasteiger partial charge in [-0.2, -0.15) is 0 Å². The first-order valence-corrected chi connectivity index (χ1v) is 8.73. The molecule has 2 saturated heterocycles. The molecule has 2 atom stereocenters. The second-order valence-electron chi connectivity index (χ2n) is 7.17. The lowest BCUT2D eigenvalue weighted by molar-refractivity contribution is -0.123. The van der Waals surface area contributed by atoms with Crippen molar-refractivity contribution in [3.63, 3.8) is 0 Å². The third-order valence-electron chi connectivity index (χ3n) is 4.98. The monoisotopic (exact) mass is 332 g/mol. The van der Waals surface area contributed by atoms with Crippen LogP contribution in [0.3, 0.4) is 0 Å². The van der Waals surface area contributed by atoms with Gasteiger partial charge in [-0.05, 0) is 25.8 Å². The summed E-state index contributed by atoms with van der Waals surface area (Å²) < 4.78 is 5.41. The van der Waals surface area contributed by atoms with Crippen molar-refractivity contribution in [2.75, 3.05) is 32.8 Å². The van der Waals surface area contributed by atoms with Gasteiger partial charge in [-0.1, -0.05) is 30.3 Å². The summed E-state index contributed by atoms with van der Waals surface area (Å²) in [5.41, 5.74) is 7.49. The minimum absolute atomic E-state index is 0.0577. The van der Waals surface area contributed by atoms with Gasteiger partial charge < -0.3 is 10.1 Å². The third-order valence-corrected chi connectivity index (χ3v) is 4.98. The number of nitrogens with one attached hydrogen (secondary N) is 3. The Hall–Kier alpha value is -1.47. The van der Waals surface area contributed by atoms with E-state index in [1.807, 2.05) is 18.2 Å². The molecule has 2 heterocycles. The van der Waals surface area contributed by atoms with Gasteiger partial charge in [0.05, 0.1) is 13.2 Å².